The average Bonchev–Trinajstić information content (AvgIpc) is 2.92. The lowest BCUT2D eigenvalue weighted by Crippen LogP contribution is -2.22. The van der Waals surface area contributed by atoms with Crippen LogP contribution in [0.3, 0.4) is 0 Å². The van der Waals surface area contributed by atoms with Crippen molar-refractivity contribution in [3.8, 4) is 0 Å². The molecule has 0 aliphatic carbocycles. The van der Waals surface area contributed by atoms with Crippen LogP contribution >= 0.6 is 0 Å². The standard InChI is InChI=1S/C17H14F3N3O/c1-23-10-22-14-8-11(2-7-15(14)23)9-21-16(24)12-3-5-13(6-4-12)17(18,19)20/h2-8,10H,9H2,1H3,(H,21,24). The SMILES string of the molecule is Cn1cnc2cc(CNC(=O)c3ccc(C(F)(F)F)cc3)ccc21. The van der Waals surface area contributed by atoms with Crippen LogP contribution in [-0.2, 0) is 19.8 Å². The Morgan fingerprint density at radius 3 is 2.54 bits per heavy atom. The molecule has 0 radical (unpaired) electrons. The first-order chi connectivity index (χ1) is 11.3. The Kier molecular flexibility index (Phi) is 4.01. The maximum Gasteiger partial charge on any atom is 0.416 e. The number of hydrogen-bond acceptors (Lipinski definition) is 2. The number of carbonyl (C=O) groups is 1. The van der Waals surface area contributed by atoms with Gasteiger partial charge in [0.15, 0.2) is 0 Å². The Balaban J connectivity index is 1.68. The van der Waals surface area contributed by atoms with Crippen LogP contribution < -0.4 is 5.32 Å². The van der Waals surface area contributed by atoms with Gasteiger partial charge in [-0.05, 0) is 42.0 Å². The van der Waals surface area contributed by atoms with E-state index in [1.807, 2.05) is 29.8 Å². The number of benzene rings is 2. The van der Waals surface area contributed by atoms with Crippen molar-refractivity contribution in [3.05, 3.63) is 65.5 Å². The monoisotopic (exact) mass is 333 g/mol. The minimum atomic E-state index is -4.41. The van der Waals surface area contributed by atoms with Gasteiger partial charge in [-0.15, -0.1) is 0 Å². The van der Waals surface area contributed by atoms with Gasteiger partial charge < -0.3 is 9.88 Å². The van der Waals surface area contributed by atoms with Crippen molar-refractivity contribution in [2.24, 2.45) is 7.05 Å². The molecular weight excluding hydrogens is 319 g/mol. The number of nitrogens with one attached hydrogen (secondary N) is 1. The Bertz CT molecular complexity index is 882. The number of imidazole rings is 1. The van der Waals surface area contributed by atoms with Crippen molar-refractivity contribution in [3.63, 3.8) is 0 Å². The number of aromatic nitrogens is 2. The van der Waals surface area contributed by atoms with Crippen molar-refractivity contribution >= 4 is 16.9 Å². The molecule has 24 heavy (non-hydrogen) atoms. The molecule has 0 saturated heterocycles. The molecule has 1 amide bonds. The van der Waals surface area contributed by atoms with Gasteiger partial charge >= 0.3 is 6.18 Å². The molecule has 124 valence electrons. The summed E-state index contributed by atoms with van der Waals surface area (Å²) in [6, 6.07) is 9.77. The van der Waals surface area contributed by atoms with Gasteiger partial charge in [0.1, 0.15) is 0 Å². The highest BCUT2D eigenvalue weighted by Gasteiger charge is 2.30. The zero-order valence-electron chi connectivity index (χ0n) is 12.8. The molecule has 0 spiro atoms. The van der Waals surface area contributed by atoms with Crippen molar-refractivity contribution in [2.45, 2.75) is 12.7 Å². The zero-order chi connectivity index (χ0) is 17.3. The number of carbonyl (C=O) groups excluding carboxylic acids is 1. The molecule has 0 fully saturated rings. The molecule has 3 aromatic rings. The Morgan fingerprint density at radius 2 is 1.88 bits per heavy atom. The predicted octanol–water partition coefficient (Wildman–Crippen LogP) is 3.52. The molecular formula is C17H14F3N3O. The lowest BCUT2D eigenvalue weighted by Gasteiger charge is -2.08. The summed E-state index contributed by atoms with van der Waals surface area (Å²) in [5.74, 6) is -0.426. The van der Waals surface area contributed by atoms with Gasteiger partial charge in [-0.25, -0.2) is 4.98 Å². The number of nitrogens with zero attached hydrogens (tertiary/aromatic N) is 2. The van der Waals surface area contributed by atoms with E-state index in [2.05, 4.69) is 10.3 Å². The minimum Gasteiger partial charge on any atom is -0.348 e. The van der Waals surface area contributed by atoms with E-state index in [9.17, 15) is 18.0 Å². The van der Waals surface area contributed by atoms with Gasteiger partial charge in [0.05, 0.1) is 22.9 Å². The third kappa shape index (κ3) is 3.24. The fourth-order valence-corrected chi connectivity index (χ4v) is 2.39. The molecule has 1 heterocycles. The van der Waals surface area contributed by atoms with E-state index in [1.54, 1.807) is 6.33 Å². The third-order valence-corrected chi connectivity index (χ3v) is 3.72. The van der Waals surface area contributed by atoms with E-state index < -0.39 is 17.6 Å². The van der Waals surface area contributed by atoms with Gasteiger partial charge in [0.25, 0.3) is 5.91 Å². The molecule has 0 aliphatic rings. The molecule has 1 N–H and O–H groups in total. The lowest BCUT2D eigenvalue weighted by molar-refractivity contribution is -0.137. The number of aryl methyl sites for hydroxylation is 1. The molecule has 3 rings (SSSR count). The van der Waals surface area contributed by atoms with Crippen LogP contribution in [0.4, 0.5) is 13.2 Å². The van der Waals surface area contributed by atoms with E-state index in [1.165, 1.54) is 12.1 Å². The summed E-state index contributed by atoms with van der Waals surface area (Å²) in [5.41, 5.74) is 2.06. The zero-order valence-corrected chi connectivity index (χ0v) is 12.8. The molecule has 7 heteroatoms. The number of amides is 1. The summed E-state index contributed by atoms with van der Waals surface area (Å²) >= 11 is 0. The number of hydrogen-bond donors (Lipinski definition) is 1. The second-order valence-corrected chi connectivity index (χ2v) is 5.44. The fourth-order valence-electron chi connectivity index (χ4n) is 2.39. The van der Waals surface area contributed by atoms with Crippen LogP contribution in [0.1, 0.15) is 21.5 Å². The summed E-state index contributed by atoms with van der Waals surface area (Å²) in [5, 5.41) is 2.69. The largest absolute Gasteiger partial charge is 0.416 e. The quantitative estimate of drug-likeness (QED) is 0.797. The normalized spacial score (nSPS) is 11.7. The van der Waals surface area contributed by atoms with Crippen molar-refractivity contribution < 1.29 is 18.0 Å². The van der Waals surface area contributed by atoms with Crippen molar-refractivity contribution in [1.29, 1.82) is 0 Å². The Labute approximate surface area is 135 Å². The number of halogens is 3. The van der Waals surface area contributed by atoms with Crippen LogP contribution in [0.25, 0.3) is 11.0 Å². The molecule has 0 bridgehead atoms. The van der Waals surface area contributed by atoms with Crippen LogP contribution in [-0.4, -0.2) is 15.5 Å². The Morgan fingerprint density at radius 1 is 1.17 bits per heavy atom. The van der Waals surface area contributed by atoms with E-state index in [0.29, 0.717) is 0 Å². The highest BCUT2D eigenvalue weighted by atomic mass is 19.4. The molecule has 4 nitrogen and oxygen atoms in total. The molecule has 0 atom stereocenters. The lowest BCUT2D eigenvalue weighted by atomic mass is 10.1. The maximum absolute atomic E-state index is 12.5. The average molecular weight is 333 g/mol. The second-order valence-electron chi connectivity index (χ2n) is 5.44. The highest BCUT2D eigenvalue weighted by Crippen LogP contribution is 2.29. The van der Waals surface area contributed by atoms with E-state index in [0.717, 1.165) is 28.7 Å². The Hall–Kier alpha value is -2.83. The van der Waals surface area contributed by atoms with Crippen LogP contribution in [0.5, 0.6) is 0 Å². The number of rotatable bonds is 3. The van der Waals surface area contributed by atoms with Gasteiger partial charge in [-0.3, -0.25) is 4.79 Å². The molecule has 0 saturated carbocycles. The first kappa shape index (κ1) is 16.0. The highest BCUT2D eigenvalue weighted by molar-refractivity contribution is 5.94. The van der Waals surface area contributed by atoms with E-state index in [-0.39, 0.29) is 12.1 Å². The summed E-state index contributed by atoms with van der Waals surface area (Å²) in [7, 11) is 1.89. The van der Waals surface area contributed by atoms with Crippen LogP contribution in [0.15, 0.2) is 48.8 Å². The topological polar surface area (TPSA) is 46.9 Å². The first-order valence-corrected chi connectivity index (χ1v) is 7.20. The van der Waals surface area contributed by atoms with Gasteiger partial charge in [-0.2, -0.15) is 13.2 Å². The minimum absolute atomic E-state index is 0.182. The van der Waals surface area contributed by atoms with Crippen molar-refractivity contribution in [2.75, 3.05) is 0 Å². The van der Waals surface area contributed by atoms with Crippen LogP contribution in [0.2, 0.25) is 0 Å². The smallest absolute Gasteiger partial charge is 0.348 e. The molecule has 0 unspecified atom stereocenters. The first-order valence-electron chi connectivity index (χ1n) is 7.20. The van der Waals surface area contributed by atoms with Gasteiger partial charge in [0, 0.05) is 19.2 Å². The van der Waals surface area contributed by atoms with Crippen LogP contribution in [0, 0.1) is 0 Å². The molecule has 2 aromatic carbocycles. The fraction of sp³-hybridized carbons (Fsp3) is 0.176. The van der Waals surface area contributed by atoms with Gasteiger partial charge in [-0.1, -0.05) is 6.07 Å². The summed E-state index contributed by atoms with van der Waals surface area (Å²) in [6.45, 7) is 0.270. The second kappa shape index (κ2) is 5.99. The third-order valence-electron chi connectivity index (χ3n) is 3.72. The van der Waals surface area contributed by atoms with E-state index in [4.69, 9.17) is 0 Å². The summed E-state index contributed by atoms with van der Waals surface area (Å²) in [4.78, 5) is 16.3. The van der Waals surface area contributed by atoms with E-state index >= 15 is 0 Å². The van der Waals surface area contributed by atoms with Crippen molar-refractivity contribution in [1.82, 2.24) is 14.9 Å². The van der Waals surface area contributed by atoms with Gasteiger partial charge in [0.2, 0.25) is 0 Å². The number of alkyl halides is 3. The molecule has 1 aromatic heterocycles. The summed E-state index contributed by atoms with van der Waals surface area (Å²) in [6.07, 6.45) is -2.71. The maximum atomic E-state index is 12.5. The summed E-state index contributed by atoms with van der Waals surface area (Å²) < 4.78 is 39.4. The predicted molar refractivity (Wildman–Crippen MR) is 83.3 cm³/mol. The molecule has 0 aliphatic heterocycles. The number of fused-ring (bicyclic) bond motifs is 1.